The highest BCUT2D eigenvalue weighted by Gasteiger charge is 2.09. The van der Waals surface area contributed by atoms with Crippen LogP contribution >= 0.6 is 0 Å². The van der Waals surface area contributed by atoms with Gasteiger partial charge in [-0.3, -0.25) is 4.79 Å². The predicted molar refractivity (Wildman–Crippen MR) is 59.5 cm³/mol. The molecular weight excluding hydrogens is 239 g/mol. The van der Waals surface area contributed by atoms with Crippen LogP contribution in [0.3, 0.4) is 0 Å². The molecule has 0 amide bonds. The van der Waals surface area contributed by atoms with E-state index in [1.54, 1.807) is 12.1 Å². The standard InChI is InChI=1S/C12H11FN2O3/c13-9-3-1-2-8(6-9)7-11-14-10(15-18-11)4-5-12(16)17/h1-3,6H,4-5,7H2,(H,16,17). The van der Waals surface area contributed by atoms with Crippen molar-refractivity contribution >= 4 is 5.97 Å². The third kappa shape index (κ3) is 3.38. The van der Waals surface area contributed by atoms with Gasteiger partial charge in [0.05, 0.1) is 12.8 Å². The summed E-state index contributed by atoms with van der Waals surface area (Å²) in [5.74, 6) is -0.533. The monoisotopic (exact) mass is 250 g/mol. The highest BCUT2D eigenvalue weighted by molar-refractivity contribution is 5.66. The molecule has 1 aromatic heterocycles. The lowest BCUT2D eigenvalue weighted by Gasteiger charge is -1.95. The minimum absolute atomic E-state index is 0.0427. The van der Waals surface area contributed by atoms with Crippen LogP contribution in [-0.2, 0) is 17.6 Å². The van der Waals surface area contributed by atoms with Gasteiger partial charge in [0.15, 0.2) is 5.82 Å². The summed E-state index contributed by atoms with van der Waals surface area (Å²) in [5.41, 5.74) is 0.725. The molecule has 2 rings (SSSR count). The Morgan fingerprint density at radius 1 is 1.44 bits per heavy atom. The summed E-state index contributed by atoms with van der Waals surface area (Å²) in [6.45, 7) is 0. The Hall–Kier alpha value is -2.24. The fourth-order valence-electron chi connectivity index (χ4n) is 1.50. The van der Waals surface area contributed by atoms with Crippen LogP contribution in [0, 0.1) is 5.82 Å². The van der Waals surface area contributed by atoms with Gasteiger partial charge in [0.1, 0.15) is 5.82 Å². The summed E-state index contributed by atoms with van der Waals surface area (Å²) in [5, 5.41) is 12.2. The SMILES string of the molecule is O=C(O)CCc1noc(Cc2cccc(F)c2)n1. The minimum Gasteiger partial charge on any atom is -0.481 e. The number of aliphatic carboxylic acids is 1. The number of hydrogen-bond acceptors (Lipinski definition) is 4. The summed E-state index contributed by atoms with van der Waals surface area (Å²) < 4.78 is 17.9. The Morgan fingerprint density at radius 3 is 3.00 bits per heavy atom. The normalized spacial score (nSPS) is 10.5. The smallest absolute Gasteiger partial charge is 0.303 e. The molecule has 0 saturated heterocycles. The van der Waals surface area contributed by atoms with Gasteiger partial charge in [-0.1, -0.05) is 17.3 Å². The first-order valence-electron chi connectivity index (χ1n) is 5.41. The highest BCUT2D eigenvalue weighted by atomic mass is 19.1. The number of aryl methyl sites for hydroxylation is 1. The molecule has 0 bridgehead atoms. The van der Waals surface area contributed by atoms with Crippen molar-refractivity contribution in [1.29, 1.82) is 0 Å². The molecule has 5 nitrogen and oxygen atoms in total. The van der Waals surface area contributed by atoms with Crippen molar-refractivity contribution in [2.24, 2.45) is 0 Å². The topological polar surface area (TPSA) is 76.2 Å². The molecule has 2 aromatic rings. The third-order valence-electron chi connectivity index (χ3n) is 2.32. The van der Waals surface area contributed by atoms with Gasteiger partial charge < -0.3 is 9.63 Å². The maximum Gasteiger partial charge on any atom is 0.303 e. The van der Waals surface area contributed by atoms with Crippen LogP contribution in [0.25, 0.3) is 0 Å². The van der Waals surface area contributed by atoms with E-state index in [9.17, 15) is 9.18 Å². The molecular formula is C12H11FN2O3. The van der Waals surface area contributed by atoms with E-state index in [1.165, 1.54) is 12.1 Å². The largest absolute Gasteiger partial charge is 0.481 e. The summed E-state index contributed by atoms with van der Waals surface area (Å²) >= 11 is 0. The molecule has 6 heteroatoms. The second-order valence-electron chi connectivity index (χ2n) is 3.80. The maximum absolute atomic E-state index is 13.0. The van der Waals surface area contributed by atoms with E-state index < -0.39 is 5.97 Å². The zero-order chi connectivity index (χ0) is 13.0. The lowest BCUT2D eigenvalue weighted by molar-refractivity contribution is -0.137. The molecule has 94 valence electrons. The minimum atomic E-state index is -0.911. The highest BCUT2D eigenvalue weighted by Crippen LogP contribution is 2.10. The van der Waals surface area contributed by atoms with Crippen LogP contribution in [0.2, 0.25) is 0 Å². The van der Waals surface area contributed by atoms with E-state index in [0.717, 1.165) is 5.56 Å². The van der Waals surface area contributed by atoms with Crippen molar-refractivity contribution in [2.75, 3.05) is 0 Å². The fourth-order valence-corrected chi connectivity index (χ4v) is 1.50. The predicted octanol–water partition coefficient (Wildman–Crippen LogP) is 1.82. The molecule has 1 aromatic carbocycles. The van der Waals surface area contributed by atoms with Gasteiger partial charge in [0, 0.05) is 6.42 Å². The van der Waals surface area contributed by atoms with Crippen LogP contribution in [0.1, 0.15) is 23.7 Å². The molecule has 0 saturated carbocycles. The van der Waals surface area contributed by atoms with E-state index in [2.05, 4.69) is 10.1 Å². The lowest BCUT2D eigenvalue weighted by atomic mass is 10.1. The van der Waals surface area contributed by atoms with E-state index >= 15 is 0 Å². The Morgan fingerprint density at radius 2 is 2.28 bits per heavy atom. The summed E-state index contributed by atoms with van der Waals surface area (Å²) in [6, 6.07) is 6.10. The second kappa shape index (κ2) is 5.39. The van der Waals surface area contributed by atoms with Gasteiger partial charge in [0.2, 0.25) is 5.89 Å². The van der Waals surface area contributed by atoms with E-state index in [-0.39, 0.29) is 18.7 Å². The van der Waals surface area contributed by atoms with Crippen LogP contribution in [0.15, 0.2) is 28.8 Å². The van der Waals surface area contributed by atoms with Crippen LogP contribution in [-0.4, -0.2) is 21.2 Å². The molecule has 1 N–H and O–H groups in total. The average Bonchev–Trinajstić information content (AvgIpc) is 2.74. The zero-order valence-corrected chi connectivity index (χ0v) is 9.47. The van der Waals surface area contributed by atoms with Crippen LogP contribution < -0.4 is 0 Å². The number of carboxylic acids is 1. The molecule has 0 aliphatic rings. The van der Waals surface area contributed by atoms with Gasteiger partial charge in [-0.15, -0.1) is 0 Å². The Kier molecular flexibility index (Phi) is 3.66. The van der Waals surface area contributed by atoms with Crippen molar-refractivity contribution in [3.05, 3.63) is 47.4 Å². The summed E-state index contributed by atoms with van der Waals surface area (Å²) in [7, 11) is 0. The van der Waals surface area contributed by atoms with Crippen molar-refractivity contribution in [3.8, 4) is 0 Å². The first-order chi connectivity index (χ1) is 8.63. The molecule has 1 heterocycles. The number of carbonyl (C=O) groups is 1. The van der Waals surface area contributed by atoms with E-state index in [1.807, 2.05) is 0 Å². The number of rotatable bonds is 5. The van der Waals surface area contributed by atoms with Crippen molar-refractivity contribution in [2.45, 2.75) is 19.3 Å². The Labute approximate surface area is 102 Å². The molecule has 0 fully saturated rings. The Balaban J connectivity index is 2.00. The molecule has 0 atom stereocenters. The average molecular weight is 250 g/mol. The molecule has 0 aliphatic heterocycles. The number of halogens is 1. The first kappa shape index (κ1) is 12.2. The number of hydrogen-bond donors (Lipinski definition) is 1. The van der Waals surface area contributed by atoms with Crippen LogP contribution in [0.4, 0.5) is 4.39 Å². The van der Waals surface area contributed by atoms with Gasteiger partial charge in [-0.05, 0) is 17.7 Å². The third-order valence-corrected chi connectivity index (χ3v) is 2.32. The van der Waals surface area contributed by atoms with Crippen molar-refractivity contribution in [3.63, 3.8) is 0 Å². The lowest BCUT2D eigenvalue weighted by Crippen LogP contribution is -1.99. The number of benzene rings is 1. The van der Waals surface area contributed by atoms with E-state index in [0.29, 0.717) is 18.1 Å². The molecule has 0 radical (unpaired) electrons. The van der Waals surface area contributed by atoms with E-state index in [4.69, 9.17) is 9.63 Å². The zero-order valence-electron chi connectivity index (χ0n) is 9.47. The second-order valence-corrected chi connectivity index (χ2v) is 3.80. The Bertz CT molecular complexity index is 554. The summed E-state index contributed by atoms with van der Waals surface area (Å²) in [4.78, 5) is 14.4. The molecule has 0 spiro atoms. The molecule has 0 unspecified atom stereocenters. The maximum atomic E-state index is 13.0. The number of nitrogens with zero attached hydrogens (tertiary/aromatic N) is 2. The molecule has 18 heavy (non-hydrogen) atoms. The van der Waals surface area contributed by atoms with Gasteiger partial charge >= 0.3 is 5.97 Å². The number of carboxylic acid groups (broad SMARTS) is 1. The van der Waals surface area contributed by atoms with Crippen molar-refractivity contribution < 1.29 is 18.8 Å². The fraction of sp³-hybridized carbons (Fsp3) is 0.250. The summed E-state index contributed by atoms with van der Waals surface area (Å²) in [6.07, 6.45) is 0.513. The van der Waals surface area contributed by atoms with Crippen molar-refractivity contribution in [1.82, 2.24) is 10.1 Å². The first-order valence-corrected chi connectivity index (χ1v) is 5.41. The van der Waals surface area contributed by atoms with Gasteiger partial charge in [-0.2, -0.15) is 4.98 Å². The van der Waals surface area contributed by atoms with Gasteiger partial charge in [-0.25, -0.2) is 4.39 Å². The van der Waals surface area contributed by atoms with Crippen LogP contribution in [0.5, 0.6) is 0 Å². The number of aromatic nitrogens is 2. The van der Waals surface area contributed by atoms with Gasteiger partial charge in [0.25, 0.3) is 0 Å². The quantitative estimate of drug-likeness (QED) is 0.875. The molecule has 0 aliphatic carbocycles.